The molecule has 8 nitrogen and oxygen atoms in total. The maximum absolute atomic E-state index is 13.0. The van der Waals surface area contributed by atoms with Crippen LogP contribution in [0.4, 0.5) is 0 Å². The summed E-state index contributed by atoms with van der Waals surface area (Å²) in [6.45, 7) is 4.65. The maximum Gasteiger partial charge on any atom is 0.268 e. The number of carbonyl (C=O) groups excluding carboxylic acids is 1. The minimum atomic E-state index is -4.61. The van der Waals surface area contributed by atoms with Crippen LogP contribution in [-0.2, 0) is 18.4 Å². The molecule has 0 bridgehead atoms. The summed E-state index contributed by atoms with van der Waals surface area (Å²) >= 11 is 0. The summed E-state index contributed by atoms with van der Waals surface area (Å²) in [6, 6.07) is -0.911. The molecule has 9 heteroatoms. The number of carbonyl (C=O) groups is 1. The Kier molecular flexibility index (Phi) is 51.2. The van der Waals surface area contributed by atoms with Gasteiger partial charge in [-0.25, -0.2) is 0 Å². The zero-order valence-corrected chi connectivity index (χ0v) is 47.9. The van der Waals surface area contributed by atoms with Crippen LogP contribution in [0.1, 0.15) is 284 Å². The molecule has 0 radical (unpaired) electrons. The van der Waals surface area contributed by atoms with E-state index in [1.54, 1.807) is 6.08 Å². The number of hydrogen-bond acceptors (Lipinski definition) is 6. The van der Waals surface area contributed by atoms with Crippen molar-refractivity contribution in [2.45, 2.75) is 296 Å². The zero-order chi connectivity index (χ0) is 51.3. The summed E-state index contributed by atoms with van der Waals surface area (Å²) in [5.74, 6) is -0.209. The lowest BCUT2D eigenvalue weighted by atomic mass is 10.0. The molecule has 2 N–H and O–H groups in total. The average molecular weight is 1010 g/mol. The van der Waals surface area contributed by atoms with Crippen molar-refractivity contribution >= 4 is 13.7 Å². The predicted octanol–water partition coefficient (Wildman–Crippen LogP) is 17.7. The van der Waals surface area contributed by atoms with Crippen LogP contribution in [0.3, 0.4) is 0 Å². The predicted molar refractivity (Wildman–Crippen MR) is 302 cm³/mol. The number of quaternary nitrogens is 1. The molecule has 70 heavy (non-hydrogen) atoms. The molecule has 3 unspecified atom stereocenters. The van der Waals surface area contributed by atoms with Gasteiger partial charge in [-0.1, -0.05) is 255 Å². The molecule has 0 aromatic heterocycles. The van der Waals surface area contributed by atoms with Crippen molar-refractivity contribution in [2.24, 2.45) is 0 Å². The second-order valence-electron chi connectivity index (χ2n) is 21.7. The lowest BCUT2D eigenvalue weighted by Gasteiger charge is -2.29. The van der Waals surface area contributed by atoms with Crippen molar-refractivity contribution in [1.29, 1.82) is 0 Å². The molecule has 412 valence electrons. The first-order valence-electron chi connectivity index (χ1n) is 30.0. The number of phosphoric acid groups is 1. The average Bonchev–Trinajstić information content (AvgIpc) is 3.32. The summed E-state index contributed by atoms with van der Waals surface area (Å²) in [5, 5.41) is 13.9. The lowest BCUT2D eigenvalue weighted by Crippen LogP contribution is -2.45. The van der Waals surface area contributed by atoms with Crippen LogP contribution in [0.5, 0.6) is 0 Å². The highest BCUT2D eigenvalue weighted by molar-refractivity contribution is 7.45. The molecule has 0 aliphatic carbocycles. The first-order chi connectivity index (χ1) is 34.0. The molecule has 0 spiro atoms. The third-order valence-electron chi connectivity index (χ3n) is 13.5. The standard InChI is InChI=1S/C61H117N2O6P/c1-6-8-10-12-14-16-18-20-22-24-26-28-30-31-33-35-37-39-41-43-45-47-49-51-53-55-61(65)62-59(58-69-70(66,67)68-57-56-63(3,4)5)60(64)54-52-50-48-46-44-42-40-38-36-34-32-29-27-25-23-21-19-17-15-13-11-9-7-2/h24,26,36,38,44,46,52,54,59-60,64H,6-23,25,27-35,37,39-43,45,47-51,53,55-58H2,1-5H3,(H-,62,65,66,67)/b26-24-,38-36+,46-44+,54-52+. The van der Waals surface area contributed by atoms with Crippen LogP contribution in [0.25, 0.3) is 0 Å². The molecule has 0 aliphatic rings. The van der Waals surface area contributed by atoms with Crippen LogP contribution in [0.15, 0.2) is 48.6 Å². The van der Waals surface area contributed by atoms with Crippen molar-refractivity contribution in [1.82, 2.24) is 5.32 Å². The van der Waals surface area contributed by atoms with Crippen LogP contribution >= 0.6 is 7.82 Å². The molecule has 1 amide bonds. The first-order valence-corrected chi connectivity index (χ1v) is 31.5. The Labute approximate surface area is 435 Å². The van der Waals surface area contributed by atoms with Gasteiger partial charge in [0.1, 0.15) is 13.2 Å². The highest BCUT2D eigenvalue weighted by Crippen LogP contribution is 2.38. The lowest BCUT2D eigenvalue weighted by molar-refractivity contribution is -0.870. The molecule has 3 atom stereocenters. The Balaban J connectivity index is 4.24. The Morgan fingerprint density at radius 2 is 0.800 bits per heavy atom. The van der Waals surface area contributed by atoms with Gasteiger partial charge in [0.15, 0.2) is 0 Å². The van der Waals surface area contributed by atoms with E-state index in [1.165, 1.54) is 218 Å². The van der Waals surface area contributed by atoms with Gasteiger partial charge >= 0.3 is 0 Å². The van der Waals surface area contributed by atoms with Gasteiger partial charge in [0.25, 0.3) is 7.82 Å². The molecule has 0 aromatic rings. The van der Waals surface area contributed by atoms with E-state index in [-0.39, 0.29) is 12.5 Å². The van der Waals surface area contributed by atoms with Gasteiger partial charge in [0, 0.05) is 6.42 Å². The molecule has 0 heterocycles. The number of phosphoric ester groups is 1. The fourth-order valence-corrected chi connectivity index (χ4v) is 9.49. The van der Waals surface area contributed by atoms with E-state index in [4.69, 9.17) is 9.05 Å². The van der Waals surface area contributed by atoms with E-state index < -0.39 is 26.6 Å². The number of amides is 1. The van der Waals surface area contributed by atoms with Gasteiger partial charge in [-0.15, -0.1) is 0 Å². The molecule has 0 fully saturated rings. The van der Waals surface area contributed by atoms with E-state index >= 15 is 0 Å². The highest BCUT2D eigenvalue weighted by atomic mass is 31.2. The third-order valence-corrected chi connectivity index (χ3v) is 14.5. The van der Waals surface area contributed by atoms with E-state index in [9.17, 15) is 19.4 Å². The van der Waals surface area contributed by atoms with Crippen LogP contribution < -0.4 is 10.2 Å². The smallest absolute Gasteiger partial charge is 0.268 e. The fourth-order valence-electron chi connectivity index (χ4n) is 8.77. The van der Waals surface area contributed by atoms with Crippen LogP contribution in [-0.4, -0.2) is 68.5 Å². The van der Waals surface area contributed by atoms with Gasteiger partial charge in [0.05, 0.1) is 39.9 Å². The summed E-state index contributed by atoms with van der Waals surface area (Å²) < 4.78 is 23.3. The number of unbranched alkanes of at least 4 members (excludes halogenated alkanes) is 36. The van der Waals surface area contributed by atoms with Crippen molar-refractivity contribution < 1.29 is 32.9 Å². The number of aliphatic hydroxyl groups is 1. The van der Waals surface area contributed by atoms with Gasteiger partial charge in [-0.2, -0.15) is 0 Å². The van der Waals surface area contributed by atoms with Gasteiger partial charge in [-0.3, -0.25) is 9.36 Å². The number of allylic oxidation sites excluding steroid dienone is 7. The number of rotatable bonds is 55. The van der Waals surface area contributed by atoms with E-state index in [0.29, 0.717) is 17.4 Å². The van der Waals surface area contributed by atoms with Gasteiger partial charge in [0.2, 0.25) is 5.91 Å². The number of likely N-dealkylation sites (N-methyl/N-ethyl adjacent to an activating group) is 1. The Morgan fingerprint density at radius 1 is 0.486 bits per heavy atom. The SMILES string of the molecule is CCCCCCCCCC/C=C\CCCCCCCCCCCCCCCC(=O)NC(COP(=O)([O-])OCC[N+](C)(C)C)C(O)/C=C/CC/C=C/CC/C=C/CCCCCCCCCCCCCCC. The third kappa shape index (κ3) is 54.2. The monoisotopic (exact) mass is 1000 g/mol. The normalized spacial score (nSPS) is 14.2. The summed E-state index contributed by atoms with van der Waals surface area (Å²) in [7, 11) is 1.24. The first kappa shape index (κ1) is 68.5. The molecule has 0 saturated carbocycles. The second kappa shape index (κ2) is 52.3. The van der Waals surface area contributed by atoms with E-state index in [2.05, 4.69) is 55.6 Å². The minimum Gasteiger partial charge on any atom is -0.756 e. The fraction of sp³-hybridized carbons (Fsp3) is 0.852. The number of nitrogens with zero attached hydrogens (tertiary/aromatic N) is 1. The number of aliphatic hydroxyl groups excluding tert-OH is 1. The minimum absolute atomic E-state index is 0.00895. The topological polar surface area (TPSA) is 108 Å². The van der Waals surface area contributed by atoms with Gasteiger partial charge in [-0.05, 0) is 70.6 Å². The van der Waals surface area contributed by atoms with Crippen molar-refractivity contribution in [3.8, 4) is 0 Å². The summed E-state index contributed by atoms with van der Waals surface area (Å²) in [5.41, 5.74) is 0. The largest absolute Gasteiger partial charge is 0.756 e. The van der Waals surface area contributed by atoms with E-state index in [0.717, 1.165) is 44.9 Å². The molecule has 0 rings (SSSR count). The number of nitrogens with one attached hydrogen (secondary N) is 1. The van der Waals surface area contributed by atoms with E-state index in [1.807, 2.05) is 27.2 Å². The van der Waals surface area contributed by atoms with Crippen molar-refractivity contribution in [3.05, 3.63) is 48.6 Å². The molecule has 0 saturated heterocycles. The Bertz CT molecular complexity index is 1280. The molecule has 0 aliphatic heterocycles. The van der Waals surface area contributed by atoms with Crippen molar-refractivity contribution in [3.63, 3.8) is 0 Å². The van der Waals surface area contributed by atoms with Crippen LogP contribution in [0.2, 0.25) is 0 Å². The summed E-state index contributed by atoms with van der Waals surface area (Å²) in [6.07, 6.45) is 69.1. The summed E-state index contributed by atoms with van der Waals surface area (Å²) in [4.78, 5) is 25.5. The van der Waals surface area contributed by atoms with Gasteiger partial charge < -0.3 is 28.8 Å². The number of hydrogen-bond donors (Lipinski definition) is 2. The molecular weight excluding hydrogens is 888 g/mol. The van der Waals surface area contributed by atoms with Crippen molar-refractivity contribution in [2.75, 3.05) is 40.9 Å². The second-order valence-corrected chi connectivity index (χ2v) is 23.1. The quantitative estimate of drug-likeness (QED) is 0.0272. The molecular formula is C61H117N2O6P. The maximum atomic E-state index is 13.0. The van der Waals surface area contributed by atoms with Crippen LogP contribution in [0, 0.1) is 0 Å². The highest BCUT2D eigenvalue weighted by Gasteiger charge is 2.23. The Hall–Kier alpha value is -1.54. The molecule has 0 aromatic carbocycles. The zero-order valence-electron chi connectivity index (χ0n) is 47.0. The Morgan fingerprint density at radius 3 is 1.16 bits per heavy atom.